The molecule has 19 nitrogen and oxygen atoms in total. The highest BCUT2D eigenvalue weighted by molar-refractivity contribution is 5.92. The maximum Gasteiger partial charge on any atom is 0.336 e. The van der Waals surface area contributed by atoms with E-state index in [1.54, 1.807) is 35.0 Å². The van der Waals surface area contributed by atoms with Crippen LogP contribution in [0, 0.1) is 23.2 Å². The summed E-state index contributed by atoms with van der Waals surface area (Å²) >= 11 is 0. The van der Waals surface area contributed by atoms with Crippen molar-refractivity contribution in [3.8, 4) is 0 Å². The van der Waals surface area contributed by atoms with Crippen LogP contribution in [0.15, 0.2) is 23.3 Å². The van der Waals surface area contributed by atoms with Crippen LogP contribution in [0.1, 0.15) is 92.9 Å². The molecule has 6 saturated heterocycles. The molecule has 2 aliphatic carbocycles. The lowest BCUT2D eigenvalue weighted by atomic mass is 9.55. The van der Waals surface area contributed by atoms with Crippen LogP contribution in [0.4, 0.5) is 0 Å². The van der Waals surface area contributed by atoms with E-state index in [0.29, 0.717) is 50.5 Å². The van der Waals surface area contributed by atoms with E-state index in [-0.39, 0.29) is 42.4 Å². The van der Waals surface area contributed by atoms with Crippen LogP contribution in [0.3, 0.4) is 0 Å². The first-order valence-electron chi connectivity index (χ1n) is 24.3. The van der Waals surface area contributed by atoms with Crippen LogP contribution in [0.5, 0.6) is 0 Å². The summed E-state index contributed by atoms with van der Waals surface area (Å²) in [6.07, 6.45) is -5.11. The van der Waals surface area contributed by atoms with Crippen molar-refractivity contribution in [1.82, 2.24) is 0 Å². The SMILES string of the molecule is COC1CC(OC2C(C)OC(OC3C(O)CC(OC4C(C)OC(OC5CCC6(C)C(=CCC7C(=O)OC8COC9(C)OC(=O)C(=CCC76)C89)C5)C(O)C4OC)OC3C)CC2OC)OC(C)C1O. The van der Waals surface area contributed by atoms with Gasteiger partial charge in [-0.05, 0) is 71.1 Å². The van der Waals surface area contributed by atoms with E-state index in [1.165, 1.54) is 12.7 Å². The molecule has 0 amide bonds. The Morgan fingerprint density at radius 1 is 0.687 bits per heavy atom. The van der Waals surface area contributed by atoms with Crippen molar-refractivity contribution in [1.29, 1.82) is 0 Å². The van der Waals surface area contributed by atoms with Gasteiger partial charge in [0.1, 0.15) is 42.7 Å². The normalized spacial score (nSPS) is 51.2. The second-order valence-corrected chi connectivity index (χ2v) is 20.5. The number of fused-ring (bicyclic) bond motifs is 3. The van der Waals surface area contributed by atoms with E-state index in [2.05, 4.69) is 13.0 Å². The summed E-state index contributed by atoms with van der Waals surface area (Å²) in [5.74, 6) is -2.75. The third kappa shape index (κ3) is 9.43. The van der Waals surface area contributed by atoms with Gasteiger partial charge in [0, 0.05) is 53.1 Å². The van der Waals surface area contributed by atoms with Crippen molar-refractivity contribution in [2.45, 2.75) is 215 Å². The minimum Gasteiger partial charge on any atom is -0.459 e. The van der Waals surface area contributed by atoms with E-state index in [1.807, 2.05) is 19.9 Å². The highest BCUT2D eigenvalue weighted by atomic mass is 16.8. The van der Waals surface area contributed by atoms with Gasteiger partial charge in [-0.25, -0.2) is 4.79 Å². The van der Waals surface area contributed by atoms with Crippen LogP contribution < -0.4 is 0 Å². The van der Waals surface area contributed by atoms with Crippen molar-refractivity contribution in [2.24, 2.45) is 23.2 Å². The molecular weight excluding hydrogens is 881 g/mol. The zero-order chi connectivity index (χ0) is 47.7. The molecule has 67 heavy (non-hydrogen) atoms. The molecule has 9 aliphatic rings. The van der Waals surface area contributed by atoms with Crippen molar-refractivity contribution >= 4 is 11.9 Å². The third-order valence-corrected chi connectivity index (χ3v) is 16.4. The minimum absolute atomic E-state index is 0.0712. The number of carbonyl (C=O) groups excluding carboxylic acids is 2. The molecule has 9 rings (SSSR count). The van der Waals surface area contributed by atoms with Crippen LogP contribution in [-0.4, -0.2) is 178 Å². The highest BCUT2D eigenvalue weighted by Crippen LogP contribution is 2.56. The number of allylic oxidation sites excluding steroid dienone is 2. The first kappa shape index (κ1) is 49.8. The molecule has 0 aromatic rings. The Morgan fingerprint density at radius 3 is 2.03 bits per heavy atom. The molecule has 24 atom stereocenters. The number of aliphatic hydroxyl groups excluding tert-OH is 3. The number of methoxy groups -OCH3 is 3. The number of hydrogen-bond acceptors (Lipinski definition) is 19. The molecule has 7 heterocycles. The topological polar surface area (TPSA) is 224 Å². The Kier molecular flexibility index (Phi) is 14.7. The van der Waals surface area contributed by atoms with Gasteiger partial charge < -0.3 is 81.6 Å². The first-order chi connectivity index (χ1) is 31.9. The Balaban J connectivity index is 0.777. The average molecular weight is 953 g/mol. The standard InChI is InChI=1S/C48H72O19/c1-21-38(50)31(54-7)18-35(58-21)65-41-23(3)60-36(19-32(41)55-8)64-40-22(2)59-34(17-30(40)49)66-42-24(4)61-46(39(51)43(42)56-9)62-26-14-15-47(5)25(16-26)10-11-27-29(47)13-12-28-37-33(63-44(27)52)20-57-48(37,6)67-45(28)53/h10,12,21-24,26-27,29-43,46,49-51H,11,13-20H2,1-9H3. The Hall–Kier alpha value is -2.18. The van der Waals surface area contributed by atoms with Gasteiger partial charge in [0.05, 0.1) is 67.3 Å². The minimum atomic E-state index is -1.21. The number of rotatable bonds is 11. The summed E-state index contributed by atoms with van der Waals surface area (Å²) in [7, 11) is 4.64. The molecule has 0 aromatic carbocycles. The lowest BCUT2D eigenvalue weighted by Gasteiger charge is -2.51. The van der Waals surface area contributed by atoms with E-state index >= 15 is 0 Å². The molecule has 3 N–H and O–H groups in total. The molecule has 0 spiro atoms. The summed E-state index contributed by atoms with van der Waals surface area (Å²) in [6.45, 7) is 11.4. The summed E-state index contributed by atoms with van der Waals surface area (Å²) in [5, 5.41) is 33.5. The molecule has 7 fully saturated rings. The smallest absolute Gasteiger partial charge is 0.336 e. The van der Waals surface area contributed by atoms with Gasteiger partial charge in [-0.3, -0.25) is 4.79 Å². The molecule has 378 valence electrons. The van der Waals surface area contributed by atoms with Gasteiger partial charge in [-0.15, -0.1) is 0 Å². The fraction of sp³-hybridized carbons (Fsp3) is 0.875. The van der Waals surface area contributed by atoms with E-state index in [9.17, 15) is 24.9 Å². The average Bonchev–Trinajstić information content (AvgIpc) is 3.75. The zero-order valence-corrected chi connectivity index (χ0v) is 40.1. The molecule has 19 heteroatoms. The van der Waals surface area contributed by atoms with Crippen LogP contribution in [0.2, 0.25) is 0 Å². The lowest BCUT2D eigenvalue weighted by Crippen LogP contribution is -2.61. The molecule has 0 bridgehead atoms. The Morgan fingerprint density at radius 2 is 1.33 bits per heavy atom. The van der Waals surface area contributed by atoms with Gasteiger partial charge in [0.15, 0.2) is 25.2 Å². The fourth-order valence-electron chi connectivity index (χ4n) is 12.6. The number of esters is 2. The zero-order valence-electron chi connectivity index (χ0n) is 40.1. The predicted octanol–water partition coefficient (Wildman–Crippen LogP) is 2.72. The van der Waals surface area contributed by atoms with Gasteiger partial charge in [0.2, 0.25) is 5.79 Å². The molecular formula is C48H72O19. The summed E-state index contributed by atoms with van der Waals surface area (Å²) < 4.78 is 85.2. The summed E-state index contributed by atoms with van der Waals surface area (Å²) in [6, 6.07) is 0. The molecule has 0 aromatic heterocycles. The highest BCUT2D eigenvalue weighted by Gasteiger charge is 2.62. The van der Waals surface area contributed by atoms with Crippen molar-refractivity contribution in [2.75, 3.05) is 27.9 Å². The number of aliphatic hydroxyl groups is 3. The second kappa shape index (κ2) is 19.8. The second-order valence-electron chi connectivity index (χ2n) is 20.5. The number of ether oxygens (including phenoxy) is 14. The van der Waals surface area contributed by atoms with E-state index in [0.717, 1.165) is 0 Å². The van der Waals surface area contributed by atoms with Gasteiger partial charge in [0.25, 0.3) is 0 Å². The number of carbonyl (C=O) groups is 2. The molecule has 24 unspecified atom stereocenters. The van der Waals surface area contributed by atoms with Crippen molar-refractivity contribution < 1.29 is 91.2 Å². The Labute approximate surface area is 392 Å². The largest absolute Gasteiger partial charge is 0.459 e. The van der Waals surface area contributed by atoms with Gasteiger partial charge >= 0.3 is 11.9 Å². The molecule has 0 radical (unpaired) electrons. The predicted molar refractivity (Wildman–Crippen MR) is 229 cm³/mol. The first-order valence-corrected chi connectivity index (χ1v) is 24.3. The molecule has 1 saturated carbocycles. The third-order valence-electron chi connectivity index (χ3n) is 16.4. The maximum atomic E-state index is 13.8. The summed E-state index contributed by atoms with van der Waals surface area (Å²) in [5.41, 5.74) is 1.35. The monoisotopic (exact) mass is 952 g/mol. The van der Waals surface area contributed by atoms with E-state index < -0.39 is 128 Å². The fourth-order valence-corrected chi connectivity index (χ4v) is 12.6. The summed E-state index contributed by atoms with van der Waals surface area (Å²) in [4.78, 5) is 26.8. The van der Waals surface area contributed by atoms with Crippen molar-refractivity contribution in [3.05, 3.63) is 23.3 Å². The van der Waals surface area contributed by atoms with E-state index in [4.69, 9.17) is 66.3 Å². The van der Waals surface area contributed by atoms with Crippen molar-refractivity contribution in [3.63, 3.8) is 0 Å². The van der Waals surface area contributed by atoms with Crippen LogP contribution in [0.25, 0.3) is 0 Å². The quantitative estimate of drug-likeness (QED) is 0.200. The number of hydrogen-bond donors (Lipinski definition) is 3. The van der Waals surface area contributed by atoms with Crippen LogP contribution in [-0.2, 0) is 75.9 Å². The maximum absolute atomic E-state index is 13.8. The van der Waals surface area contributed by atoms with Crippen LogP contribution >= 0.6 is 0 Å². The molecule has 7 aliphatic heterocycles. The Bertz CT molecular complexity index is 1830. The van der Waals surface area contributed by atoms with Gasteiger partial charge in [-0.1, -0.05) is 24.6 Å². The lowest BCUT2D eigenvalue weighted by molar-refractivity contribution is -0.356. The van der Waals surface area contributed by atoms with Gasteiger partial charge in [-0.2, -0.15) is 0 Å².